The van der Waals surface area contributed by atoms with Gasteiger partial charge in [0.05, 0.1) is 0 Å². The second-order valence-corrected chi connectivity index (χ2v) is 11.2. The number of unbranched alkanes of at least 4 members (excludes halogenated alkanes) is 1. The van der Waals surface area contributed by atoms with Crippen LogP contribution in [-0.2, 0) is 14.3 Å². The van der Waals surface area contributed by atoms with Gasteiger partial charge < -0.3 is 20.3 Å². The van der Waals surface area contributed by atoms with Crippen LogP contribution < -0.4 is 10.6 Å². The molecule has 202 valence electrons. The Labute approximate surface area is 217 Å². The molecule has 0 aliphatic heterocycles. The maximum atomic E-state index is 14.3. The summed E-state index contributed by atoms with van der Waals surface area (Å²) in [5.74, 6) is -0.524. The number of rotatable bonds is 11. The summed E-state index contributed by atoms with van der Waals surface area (Å²) in [6.07, 6.45) is 4.61. The van der Waals surface area contributed by atoms with Gasteiger partial charge >= 0.3 is 6.09 Å². The van der Waals surface area contributed by atoms with Gasteiger partial charge in [-0.1, -0.05) is 57.4 Å². The van der Waals surface area contributed by atoms with Crippen LogP contribution in [0.1, 0.15) is 103 Å². The number of amides is 3. The Hall–Kier alpha value is -2.57. The van der Waals surface area contributed by atoms with Crippen molar-refractivity contribution in [3.8, 4) is 0 Å². The molecule has 1 aliphatic carbocycles. The molecule has 3 atom stereocenters. The minimum Gasteiger partial charge on any atom is -0.444 e. The van der Waals surface area contributed by atoms with Gasteiger partial charge in [-0.2, -0.15) is 0 Å². The largest absolute Gasteiger partial charge is 0.444 e. The summed E-state index contributed by atoms with van der Waals surface area (Å²) in [4.78, 5) is 42.5. The zero-order valence-electron chi connectivity index (χ0n) is 23.6. The first-order chi connectivity index (χ1) is 16.9. The molecule has 0 bridgehead atoms. The second-order valence-electron chi connectivity index (χ2n) is 11.2. The maximum absolute atomic E-state index is 14.3. The van der Waals surface area contributed by atoms with Crippen molar-refractivity contribution in [2.75, 3.05) is 6.54 Å². The Morgan fingerprint density at radius 1 is 1.14 bits per heavy atom. The van der Waals surface area contributed by atoms with Crippen molar-refractivity contribution in [3.05, 3.63) is 34.9 Å². The normalized spacial score (nSPS) is 16.3. The van der Waals surface area contributed by atoms with E-state index >= 15 is 0 Å². The molecule has 0 radical (unpaired) electrons. The monoisotopic (exact) mass is 501 g/mol. The average molecular weight is 502 g/mol. The molecule has 1 saturated carbocycles. The van der Waals surface area contributed by atoms with Crippen LogP contribution in [0.5, 0.6) is 0 Å². The molecule has 0 spiro atoms. The fourth-order valence-corrected chi connectivity index (χ4v) is 4.42. The summed E-state index contributed by atoms with van der Waals surface area (Å²) in [5.41, 5.74) is 2.16. The van der Waals surface area contributed by atoms with E-state index in [0.717, 1.165) is 48.8 Å². The van der Waals surface area contributed by atoms with Crippen molar-refractivity contribution in [3.63, 3.8) is 0 Å². The minimum absolute atomic E-state index is 0.0497. The van der Waals surface area contributed by atoms with Gasteiger partial charge in [-0.15, -0.1) is 0 Å². The van der Waals surface area contributed by atoms with Crippen LogP contribution in [0.3, 0.4) is 0 Å². The van der Waals surface area contributed by atoms with E-state index in [4.69, 9.17) is 4.74 Å². The number of ether oxygens (including phenoxy) is 1. The average Bonchev–Trinajstić information content (AvgIpc) is 2.76. The predicted molar refractivity (Wildman–Crippen MR) is 144 cm³/mol. The van der Waals surface area contributed by atoms with Crippen molar-refractivity contribution in [1.29, 1.82) is 0 Å². The van der Waals surface area contributed by atoms with Crippen LogP contribution in [0.4, 0.5) is 4.79 Å². The summed E-state index contributed by atoms with van der Waals surface area (Å²) in [6, 6.07) is 4.44. The van der Waals surface area contributed by atoms with Crippen molar-refractivity contribution in [2.45, 2.75) is 118 Å². The molecule has 7 heteroatoms. The molecule has 0 saturated heterocycles. The van der Waals surface area contributed by atoms with Gasteiger partial charge in [-0.3, -0.25) is 9.59 Å². The summed E-state index contributed by atoms with van der Waals surface area (Å²) >= 11 is 0. The third-order valence-electron chi connectivity index (χ3n) is 6.96. The van der Waals surface area contributed by atoms with E-state index < -0.39 is 23.8 Å². The predicted octanol–water partition coefficient (Wildman–Crippen LogP) is 5.58. The van der Waals surface area contributed by atoms with Crippen molar-refractivity contribution >= 4 is 17.9 Å². The highest BCUT2D eigenvalue weighted by Crippen LogP contribution is 2.36. The van der Waals surface area contributed by atoms with Gasteiger partial charge in [0.2, 0.25) is 11.8 Å². The molecule has 0 aromatic heterocycles. The third-order valence-corrected chi connectivity index (χ3v) is 6.96. The van der Waals surface area contributed by atoms with Gasteiger partial charge in [0.15, 0.2) is 0 Å². The molecule has 7 nitrogen and oxygen atoms in total. The van der Waals surface area contributed by atoms with Crippen LogP contribution in [0.25, 0.3) is 0 Å². The van der Waals surface area contributed by atoms with Crippen LogP contribution in [0.15, 0.2) is 18.2 Å². The molecule has 2 N–H and O–H groups in total. The van der Waals surface area contributed by atoms with Crippen molar-refractivity contribution in [1.82, 2.24) is 15.5 Å². The third kappa shape index (κ3) is 7.97. The summed E-state index contributed by atoms with van der Waals surface area (Å²) in [7, 11) is 0. The Morgan fingerprint density at radius 2 is 1.81 bits per heavy atom. The zero-order valence-corrected chi connectivity index (χ0v) is 23.6. The van der Waals surface area contributed by atoms with E-state index in [1.807, 2.05) is 45.9 Å². The number of hydrogen-bond donors (Lipinski definition) is 2. The molecule has 0 heterocycles. The smallest absolute Gasteiger partial charge is 0.408 e. The molecule has 1 aromatic rings. The molecule has 1 aliphatic rings. The quantitative estimate of drug-likeness (QED) is 0.387. The molecule has 1 fully saturated rings. The number of carbonyl (C=O) groups excluding carboxylic acids is 3. The fraction of sp³-hybridized carbons (Fsp3) is 0.690. The van der Waals surface area contributed by atoms with Gasteiger partial charge in [0.25, 0.3) is 0 Å². The van der Waals surface area contributed by atoms with Crippen LogP contribution in [0, 0.1) is 19.8 Å². The first kappa shape index (κ1) is 29.7. The van der Waals surface area contributed by atoms with Crippen molar-refractivity contribution < 1.29 is 19.1 Å². The second kappa shape index (κ2) is 13.1. The standard InChI is InChI=1S/C29H47N3O4/c1-9-11-17-30-26(33)25(23-18-19(3)15-16-21(23)5)32(22-13-12-14-22)27(34)24(20(4)10-2)31-28(35)36-29(6,7)8/h15-16,18,20,22,24-25H,9-14,17H2,1-8H3,(H,30,33)(H,31,35). The van der Waals surface area contributed by atoms with E-state index in [0.29, 0.717) is 13.0 Å². The molecule has 1 aromatic carbocycles. The van der Waals surface area contributed by atoms with Crippen LogP contribution in [0.2, 0.25) is 0 Å². The first-order valence-electron chi connectivity index (χ1n) is 13.6. The Kier molecular flexibility index (Phi) is 10.8. The Bertz CT molecular complexity index is 904. The van der Waals surface area contributed by atoms with Gasteiger partial charge in [0, 0.05) is 12.6 Å². The van der Waals surface area contributed by atoms with Gasteiger partial charge in [0.1, 0.15) is 17.7 Å². The maximum Gasteiger partial charge on any atom is 0.408 e. The first-order valence-corrected chi connectivity index (χ1v) is 13.6. The van der Waals surface area contributed by atoms with Crippen molar-refractivity contribution in [2.24, 2.45) is 5.92 Å². The molecular formula is C29H47N3O4. The highest BCUT2D eigenvalue weighted by Gasteiger charge is 2.43. The van der Waals surface area contributed by atoms with E-state index in [2.05, 4.69) is 17.6 Å². The fourth-order valence-electron chi connectivity index (χ4n) is 4.42. The molecule has 36 heavy (non-hydrogen) atoms. The summed E-state index contributed by atoms with van der Waals surface area (Å²) in [5, 5.41) is 5.92. The lowest BCUT2D eigenvalue weighted by molar-refractivity contribution is -0.148. The number of nitrogens with zero attached hydrogens (tertiary/aromatic N) is 1. The Morgan fingerprint density at radius 3 is 2.33 bits per heavy atom. The number of alkyl carbamates (subject to hydrolysis) is 1. The topological polar surface area (TPSA) is 87.7 Å². The zero-order chi connectivity index (χ0) is 27.0. The lowest BCUT2D eigenvalue weighted by Crippen LogP contribution is -2.59. The minimum atomic E-state index is -0.790. The number of benzene rings is 1. The molecule has 3 amide bonds. The number of aryl methyl sites for hydroxylation is 2. The van der Waals surface area contributed by atoms with E-state index in [-0.39, 0.29) is 23.8 Å². The van der Waals surface area contributed by atoms with E-state index in [9.17, 15) is 14.4 Å². The lowest BCUT2D eigenvalue weighted by Gasteiger charge is -2.44. The van der Waals surface area contributed by atoms with Crippen LogP contribution >= 0.6 is 0 Å². The highest BCUT2D eigenvalue weighted by molar-refractivity contribution is 5.92. The summed E-state index contributed by atoms with van der Waals surface area (Å²) in [6.45, 7) is 16.0. The number of nitrogens with one attached hydrogen (secondary N) is 2. The molecule has 3 unspecified atom stereocenters. The number of hydrogen-bond acceptors (Lipinski definition) is 4. The van der Waals surface area contributed by atoms with Crippen LogP contribution in [-0.4, -0.2) is 47.0 Å². The SMILES string of the molecule is CCCCNC(=O)C(c1cc(C)ccc1C)N(C(=O)C(NC(=O)OC(C)(C)C)C(C)CC)C1CCC1. The molecular weight excluding hydrogens is 454 g/mol. The summed E-state index contributed by atoms with van der Waals surface area (Å²) < 4.78 is 5.49. The Balaban J connectivity index is 2.53. The highest BCUT2D eigenvalue weighted by atomic mass is 16.6. The number of carbonyl (C=O) groups is 3. The van der Waals surface area contributed by atoms with Gasteiger partial charge in [-0.25, -0.2) is 4.79 Å². The molecule has 2 rings (SSSR count). The van der Waals surface area contributed by atoms with Gasteiger partial charge in [-0.05, 0) is 77.3 Å². The van der Waals surface area contributed by atoms with E-state index in [1.165, 1.54) is 0 Å². The van der Waals surface area contributed by atoms with E-state index in [1.54, 1.807) is 25.7 Å². The lowest BCUT2D eigenvalue weighted by atomic mass is 9.86.